The third-order valence-electron chi connectivity index (χ3n) is 5.83. The number of nitrogens with two attached hydrogens (primary N) is 1. The van der Waals surface area contributed by atoms with Crippen LogP contribution in [0.4, 0.5) is 23.1 Å². The Balaban J connectivity index is 1.49. The fourth-order valence-electron chi connectivity index (χ4n) is 4.06. The van der Waals surface area contributed by atoms with Crippen molar-refractivity contribution < 1.29 is 9.00 Å². The van der Waals surface area contributed by atoms with E-state index in [9.17, 15) is 9.00 Å². The monoisotopic (exact) mass is 458 g/mol. The van der Waals surface area contributed by atoms with E-state index in [1.165, 1.54) is 0 Å². The number of benzene rings is 3. The van der Waals surface area contributed by atoms with Crippen molar-refractivity contribution in [1.29, 1.82) is 0 Å². The molecule has 5 rings (SSSR count). The van der Waals surface area contributed by atoms with Gasteiger partial charge in [0.1, 0.15) is 22.7 Å². The molecule has 2 atom stereocenters. The van der Waals surface area contributed by atoms with Crippen LogP contribution in [0.3, 0.4) is 0 Å². The van der Waals surface area contributed by atoms with Crippen molar-refractivity contribution in [1.82, 2.24) is 9.97 Å². The normalized spacial score (nSPS) is 16.6. The number of carbonyl (C=O) groups excluding carboxylic acids is 1. The molecule has 1 aliphatic heterocycles. The van der Waals surface area contributed by atoms with Gasteiger partial charge in [0, 0.05) is 19.8 Å². The minimum absolute atomic E-state index is 0.0463. The molecule has 0 fully saturated rings. The number of aromatic nitrogens is 2. The standard InChI is InChI=1S/C24H22N6O2S/c1-29-20-14-26-24(27-18-9-11-19(12-10-18)33(25)32)28-22(20)30(2)21(23(29)31)17-8-7-15-5-3-4-6-16(15)13-17/h3-14,21H,25H2,1-2H3,(H,26,27,28). The number of hydrogen-bond donors (Lipinski definition) is 2. The first kappa shape index (κ1) is 21.0. The fourth-order valence-corrected chi connectivity index (χ4v) is 4.46. The summed E-state index contributed by atoms with van der Waals surface area (Å²) in [4.78, 5) is 26.4. The highest BCUT2D eigenvalue weighted by Gasteiger charge is 2.37. The predicted molar refractivity (Wildman–Crippen MR) is 131 cm³/mol. The molecule has 2 heterocycles. The molecular formula is C24H22N6O2S. The lowest BCUT2D eigenvalue weighted by Crippen LogP contribution is -2.45. The SMILES string of the molecule is CN1C(=O)C(c2ccc3ccccc3c2)N(C)c2nc(Nc3ccc(S(N)=O)cc3)ncc21. The number of nitrogens with zero attached hydrogens (tertiary/aromatic N) is 4. The Labute approximate surface area is 193 Å². The molecule has 1 aromatic heterocycles. The van der Waals surface area contributed by atoms with Crippen molar-refractivity contribution in [3.8, 4) is 0 Å². The summed E-state index contributed by atoms with van der Waals surface area (Å²) in [5.41, 5.74) is 2.27. The Morgan fingerprint density at radius 1 is 1.00 bits per heavy atom. The molecule has 9 heteroatoms. The van der Waals surface area contributed by atoms with Gasteiger partial charge in [0.05, 0.1) is 11.1 Å². The molecule has 0 saturated heterocycles. The summed E-state index contributed by atoms with van der Waals surface area (Å²) >= 11 is 0. The molecule has 33 heavy (non-hydrogen) atoms. The van der Waals surface area contributed by atoms with Gasteiger partial charge in [-0.1, -0.05) is 36.4 Å². The van der Waals surface area contributed by atoms with E-state index in [1.54, 1.807) is 42.4 Å². The predicted octanol–water partition coefficient (Wildman–Crippen LogP) is 3.51. The Bertz CT molecular complexity index is 1390. The van der Waals surface area contributed by atoms with Crippen molar-refractivity contribution in [3.05, 3.63) is 78.5 Å². The second-order valence-corrected chi connectivity index (χ2v) is 8.93. The number of anilines is 4. The molecule has 1 amide bonds. The molecule has 0 radical (unpaired) electrons. The molecule has 0 bridgehead atoms. The van der Waals surface area contributed by atoms with E-state index < -0.39 is 17.0 Å². The Morgan fingerprint density at radius 3 is 2.45 bits per heavy atom. The molecule has 4 aromatic rings. The third-order valence-corrected chi connectivity index (χ3v) is 6.57. The highest BCUT2D eigenvalue weighted by Crippen LogP contribution is 2.39. The maximum atomic E-state index is 13.3. The van der Waals surface area contributed by atoms with Crippen LogP contribution in [-0.4, -0.2) is 34.2 Å². The van der Waals surface area contributed by atoms with E-state index in [4.69, 9.17) is 10.1 Å². The maximum Gasteiger partial charge on any atom is 0.254 e. The summed E-state index contributed by atoms with van der Waals surface area (Å²) in [6.45, 7) is 0. The van der Waals surface area contributed by atoms with Crippen LogP contribution >= 0.6 is 0 Å². The molecule has 0 spiro atoms. The number of nitrogens with one attached hydrogen (secondary N) is 1. The lowest BCUT2D eigenvalue weighted by Gasteiger charge is -2.38. The number of likely N-dealkylation sites (N-methyl/N-ethyl adjacent to an activating group) is 2. The van der Waals surface area contributed by atoms with E-state index >= 15 is 0 Å². The van der Waals surface area contributed by atoms with Crippen molar-refractivity contribution >= 4 is 50.8 Å². The highest BCUT2D eigenvalue weighted by atomic mass is 32.2. The first-order chi connectivity index (χ1) is 15.9. The minimum Gasteiger partial charge on any atom is -0.342 e. The third kappa shape index (κ3) is 3.81. The summed E-state index contributed by atoms with van der Waals surface area (Å²) in [5.74, 6) is 0.990. The average Bonchev–Trinajstić information content (AvgIpc) is 2.83. The van der Waals surface area contributed by atoms with Gasteiger partial charge in [-0.2, -0.15) is 4.98 Å². The smallest absolute Gasteiger partial charge is 0.254 e. The Morgan fingerprint density at radius 2 is 1.73 bits per heavy atom. The Hall–Kier alpha value is -3.82. The maximum absolute atomic E-state index is 13.3. The molecule has 3 aromatic carbocycles. The van der Waals surface area contributed by atoms with Gasteiger partial charge in [-0.05, 0) is 46.7 Å². The van der Waals surface area contributed by atoms with Crippen LogP contribution in [0.15, 0.2) is 77.8 Å². The molecular weight excluding hydrogens is 436 g/mol. The van der Waals surface area contributed by atoms with Gasteiger partial charge in [0.25, 0.3) is 5.91 Å². The van der Waals surface area contributed by atoms with Crippen molar-refractivity contribution in [2.24, 2.45) is 5.14 Å². The average molecular weight is 459 g/mol. The summed E-state index contributed by atoms with van der Waals surface area (Å²) in [6.07, 6.45) is 1.64. The van der Waals surface area contributed by atoms with Gasteiger partial charge in [0.2, 0.25) is 5.95 Å². The van der Waals surface area contributed by atoms with Crippen LogP contribution in [-0.2, 0) is 15.8 Å². The number of carbonyl (C=O) groups is 1. The lowest BCUT2D eigenvalue weighted by atomic mass is 9.98. The van der Waals surface area contributed by atoms with Crippen LogP contribution in [0.1, 0.15) is 11.6 Å². The number of amides is 1. The largest absolute Gasteiger partial charge is 0.342 e. The molecule has 0 saturated carbocycles. The highest BCUT2D eigenvalue weighted by molar-refractivity contribution is 7.82. The summed E-state index contributed by atoms with van der Waals surface area (Å²) in [6, 6.07) is 20.5. The van der Waals surface area contributed by atoms with E-state index in [1.807, 2.05) is 42.3 Å². The summed E-state index contributed by atoms with van der Waals surface area (Å²) in [7, 11) is 2.07. The van der Waals surface area contributed by atoms with Crippen LogP contribution in [0.25, 0.3) is 10.8 Å². The lowest BCUT2D eigenvalue weighted by molar-refractivity contribution is -0.120. The molecule has 0 aliphatic carbocycles. The topological polar surface area (TPSA) is 104 Å². The second kappa shape index (κ2) is 8.27. The van der Waals surface area contributed by atoms with Gasteiger partial charge >= 0.3 is 0 Å². The Kier molecular flexibility index (Phi) is 5.27. The zero-order valence-corrected chi connectivity index (χ0v) is 18.9. The number of hydrogen-bond acceptors (Lipinski definition) is 6. The van der Waals surface area contributed by atoms with E-state index in [-0.39, 0.29) is 5.91 Å². The molecule has 3 N–H and O–H groups in total. The van der Waals surface area contributed by atoms with E-state index in [2.05, 4.69) is 22.4 Å². The van der Waals surface area contributed by atoms with Crippen molar-refractivity contribution in [2.45, 2.75) is 10.9 Å². The van der Waals surface area contributed by atoms with Crippen LogP contribution in [0, 0.1) is 0 Å². The van der Waals surface area contributed by atoms with Crippen LogP contribution < -0.4 is 20.3 Å². The fraction of sp³-hybridized carbons (Fsp3) is 0.125. The van der Waals surface area contributed by atoms with Gasteiger partial charge in [-0.15, -0.1) is 0 Å². The van der Waals surface area contributed by atoms with Crippen molar-refractivity contribution in [2.75, 3.05) is 29.2 Å². The number of fused-ring (bicyclic) bond motifs is 2. The zero-order valence-electron chi connectivity index (χ0n) is 18.1. The first-order valence-corrected chi connectivity index (χ1v) is 11.5. The van der Waals surface area contributed by atoms with E-state index in [0.29, 0.717) is 22.3 Å². The summed E-state index contributed by atoms with van der Waals surface area (Å²) in [5, 5.41) is 10.8. The van der Waals surface area contributed by atoms with Gasteiger partial charge in [-0.25, -0.2) is 14.3 Å². The van der Waals surface area contributed by atoms with Crippen LogP contribution in [0.2, 0.25) is 0 Å². The molecule has 1 aliphatic rings. The minimum atomic E-state index is -1.53. The quantitative estimate of drug-likeness (QED) is 0.485. The first-order valence-electron chi connectivity index (χ1n) is 10.3. The second-order valence-electron chi connectivity index (χ2n) is 7.87. The molecule has 2 unspecified atom stereocenters. The van der Waals surface area contributed by atoms with Gasteiger partial charge in [0.15, 0.2) is 5.82 Å². The zero-order chi connectivity index (χ0) is 23.1. The van der Waals surface area contributed by atoms with Crippen LogP contribution in [0.5, 0.6) is 0 Å². The summed E-state index contributed by atoms with van der Waals surface area (Å²) < 4.78 is 11.4. The van der Waals surface area contributed by atoms with Crippen molar-refractivity contribution in [3.63, 3.8) is 0 Å². The molecule has 166 valence electrons. The van der Waals surface area contributed by atoms with E-state index in [0.717, 1.165) is 22.0 Å². The molecule has 8 nitrogen and oxygen atoms in total. The van der Waals surface area contributed by atoms with Gasteiger partial charge in [-0.3, -0.25) is 4.79 Å². The number of rotatable bonds is 4. The van der Waals surface area contributed by atoms with Gasteiger partial charge < -0.3 is 15.1 Å².